The van der Waals surface area contributed by atoms with Crippen molar-refractivity contribution in [3.05, 3.63) is 11.7 Å². The third-order valence-electron chi connectivity index (χ3n) is 8.29. The van der Waals surface area contributed by atoms with E-state index in [0.29, 0.717) is 30.9 Å². The molecule has 144 valence electrons. The van der Waals surface area contributed by atoms with Gasteiger partial charge in [-0.25, -0.2) is 0 Å². The Balaban J connectivity index is 1.91. The van der Waals surface area contributed by atoms with Crippen LogP contribution < -0.4 is 5.73 Å². The average Bonchev–Trinajstić information content (AvgIpc) is 2.93. The summed E-state index contributed by atoms with van der Waals surface area (Å²) in [6.45, 7) is 4.83. The first-order valence-corrected chi connectivity index (χ1v) is 9.81. The second-order valence-electron chi connectivity index (χ2n) is 9.16. The van der Waals surface area contributed by atoms with E-state index in [1.54, 1.807) is 0 Å². The first-order chi connectivity index (χ1) is 11.8. The Morgan fingerprint density at radius 2 is 1.88 bits per heavy atom. The molecule has 5 heteroatoms. The highest BCUT2D eigenvalue weighted by molar-refractivity contribution is 5.24. The summed E-state index contributed by atoms with van der Waals surface area (Å²) >= 11 is 0. The van der Waals surface area contributed by atoms with Crippen LogP contribution in [0.15, 0.2) is 11.7 Å². The summed E-state index contributed by atoms with van der Waals surface area (Å²) in [6, 6.07) is 0. The Kier molecular flexibility index (Phi) is 5.31. The van der Waals surface area contributed by atoms with E-state index in [9.17, 15) is 19.0 Å². The molecule has 0 spiro atoms. The molecular formula is C20H33F2NO2. The Morgan fingerprint density at radius 1 is 1.16 bits per heavy atom. The molecule has 7 atom stereocenters. The summed E-state index contributed by atoms with van der Waals surface area (Å²) in [4.78, 5) is 0. The maximum Gasteiger partial charge on any atom is 0.270 e. The molecule has 0 aromatic carbocycles. The summed E-state index contributed by atoms with van der Waals surface area (Å²) in [7, 11) is 0. The summed E-state index contributed by atoms with van der Waals surface area (Å²) in [5.74, 6) is 0.817. The van der Waals surface area contributed by atoms with Crippen molar-refractivity contribution in [1.82, 2.24) is 0 Å². The number of halogens is 2. The second-order valence-corrected chi connectivity index (χ2v) is 9.16. The first kappa shape index (κ1) is 19.2. The minimum Gasteiger partial charge on any atom is -0.396 e. The molecule has 4 N–H and O–H groups in total. The first-order valence-electron chi connectivity index (χ1n) is 9.81. The lowest BCUT2D eigenvalue weighted by Crippen LogP contribution is -2.52. The summed E-state index contributed by atoms with van der Waals surface area (Å²) in [5.41, 5.74) is 6.07. The normalized spacial score (nSPS) is 47.6. The molecule has 0 saturated heterocycles. The Morgan fingerprint density at radius 3 is 2.48 bits per heavy atom. The minimum absolute atomic E-state index is 0.0639. The molecule has 3 aliphatic carbocycles. The van der Waals surface area contributed by atoms with E-state index in [-0.39, 0.29) is 35.9 Å². The Hall–Kier alpha value is -0.520. The van der Waals surface area contributed by atoms with Crippen LogP contribution >= 0.6 is 0 Å². The van der Waals surface area contributed by atoms with Crippen LogP contribution in [0.5, 0.6) is 0 Å². The maximum atomic E-state index is 13.5. The molecule has 0 bridgehead atoms. The third kappa shape index (κ3) is 2.96. The van der Waals surface area contributed by atoms with Crippen LogP contribution in [0.4, 0.5) is 8.78 Å². The minimum atomic E-state index is -1.49. The van der Waals surface area contributed by atoms with Crippen molar-refractivity contribution in [2.45, 2.75) is 64.9 Å². The topological polar surface area (TPSA) is 66.5 Å². The van der Waals surface area contributed by atoms with Crippen LogP contribution in [-0.2, 0) is 0 Å². The molecule has 7 unspecified atom stereocenters. The van der Waals surface area contributed by atoms with Gasteiger partial charge in [-0.15, -0.1) is 0 Å². The number of rotatable bonds is 3. The number of hydrogen-bond donors (Lipinski definition) is 3. The molecule has 0 aromatic rings. The van der Waals surface area contributed by atoms with Gasteiger partial charge in [0.15, 0.2) is 0 Å². The van der Waals surface area contributed by atoms with Crippen LogP contribution in [0.3, 0.4) is 0 Å². The Labute approximate surface area is 149 Å². The number of aliphatic hydroxyl groups excluding tert-OH is 2. The van der Waals surface area contributed by atoms with Crippen LogP contribution in [-0.4, -0.2) is 29.5 Å². The van der Waals surface area contributed by atoms with Crippen LogP contribution in [0, 0.1) is 34.5 Å². The average molecular weight is 357 g/mol. The maximum absolute atomic E-state index is 13.5. The molecule has 3 fully saturated rings. The van der Waals surface area contributed by atoms with Gasteiger partial charge in [-0.05, 0) is 86.0 Å². The van der Waals surface area contributed by atoms with Crippen molar-refractivity contribution < 1.29 is 19.0 Å². The zero-order chi connectivity index (χ0) is 18.4. The highest BCUT2D eigenvalue weighted by Crippen LogP contribution is 2.64. The van der Waals surface area contributed by atoms with Crippen LogP contribution in [0.25, 0.3) is 0 Å². The van der Waals surface area contributed by atoms with Crippen molar-refractivity contribution in [2.75, 3.05) is 13.2 Å². The van der Waals surface area contributed by atoms with E-state index >= 15 is 0 Å². The van der Waals surface area contributed by atoms with Gasteiger partial charge in [-0.3, -0.25) is 0 Å². The lowest BCUT2D eigenvalue weighted by atomic mass is 9.49. The number of allylic oxidation sites excluding steroid dienone is 1. The third-order valence-corrected chi connectivity index (χ3v) is 8.29. The highest BCUT2D eigenvalue weighted by Gasteiger charge is 2.57. The predicted molar refractivity (Wildman–Crippen MR) is 93.9 cm³/mol. The zero-order valence-electron chi connectivity index (χ0n) is 15.5. The smallest absolute Gasteiger partial charge is 0.270 e. The molecule has 0 aliphatic heterocycles. The SMILES string of the molecule is CC12CCC(C3(C)CCC(O)CC3CO)C(CN)C1CCC2=C(F)F. The van der Waals surface area contributed by atoms with Crippen molar-refractivity contribution in [3.8, 4) is 0 Å². The molecule has 3 rings (SSSR count). The van der Waals surface area contributed by atoms with Crippen molar-refractivity contribution in [3.63, 3.8) is 0 Å². The number of nitrogens with two attached hydrogens (primary N) is 1. The predicted octanol–water partition coefficient (Wildman–Crippen LogP) is 3.70. The fourth-order valence-electron chi connectivity index (χ4n) is 6.73. The molecule has 3 nitrogen and oxygen atoms in total. The molecule has 0 radical (unpaired) electrons. The van der Waals surface area contributed by atoms with Gasteiger partial charge in [0.2, 0.25) is 0 Å². The molecule has 3 aliphatic rings. The van der Waals surface area contributed by atoms with Crippen LogP contribution in [0.2, 0.25) is 0 Å². The van der Waals surface area contributed by atoms with E-state index in [1.807, 2.05) is 6.92 Å². The van der Waals surface area contributed by atoms with Gasteiger partial charge in [-0.1, -0.05) is 13.8 Å². The zero-order valence-corrected chi connectivity index (χ0v) is 15.5. The molecule has 0 heterocycles. The van der Waals surface area contributed by atoms with E-state index in [2.05, 4.69) is 6.92 Å². The summed E-state index contributed by atoms with van der Waals surface area (Å²) < 4.78 is 26.9. The monoisotopic (exact) mass is 357 g/mol. The van der Waals surface area contributed by atoms with Gasteiger partial charge in [-0.2, -0.15) is 8.78 Å². The summed E-state index contributed by atoms with van der Waals surface area (Å²) in [5, 5.41) is 20.0. The number of hydrogen-bond acceptors (Lipinski definition) is 3. The van der Waals surface area contributed by atoms with Gasteiger partial charge in [0.05, 0.1) is 6.10 Å². The van der Waals surface area contributed by atoms with Gasteiger partial charge < -0.3 is 15.9 Å². The Bertz CT molecular complexity index is 536. The van der Waals surface area contributed by atoms with E-state index in [4.69, 9.17) is 5.73 Å². The standard InChI is InChI=1S/C20H33F2NO2/c1-19(7-5-13(25)9-12(19)11-24)16-6-8-20(2)15(14(16)10-23)3-4-17(20)18(21)22/h12-16,24-25H,3-11,23H2,1-2H3. The summed E-state index contributed by atoms with van der Waals surface area (Å²) in [6.07, 6.45) is 3.40. The van der Waals surface area contributed by atoms with Gasteiger partial charge >= 0.3 is 0 Å². The van der Waals surface area contributed by atoms with Gasteiger partial charge in [0.25, 0.3) is 6.08 Å². The number of aliphatic hydroxyl groups is 2. The molecular weight excluding hydrogens is 324 g/mol. The molecule has 0 aromatic heterocycles. The van der Waals surface area contributed by atoms with E-state index in [0.717, 1.165) is 32.1 Å². The molecule has 25 heavy (non-hydrogen) atoms. The molecule has 0 amide bonds. The van der Waals surface area contributed by atoms with E-state index < -0.39 is 11.5 Å². The van der Waals surface area contributed by atoms with Gasteiger partial charge in [0, 0.05) is 12.2 Å². The fraction of sp³-hybridized carbons (Fsp3) is 0.900. The second kappa shape index (κ2) is 6.90. The highest BCUT2D eigenvalue weighted by atomic mass is 19.3. The van der Waals surface area contributed by atoms with E-state index in [1.165, 1.54) is 0 Å². The van der Waals surface area contributed by atoms with Crippen molar-refractivity contribution >= 4 is 0 Å². The van der Waals surface area contributed by atoms with Gasteiger partial charge in [0.1, 0.15) is 0 Å². The fourth-order valence-corrected chi connectivity index (χ4v) is 6.73. The number of fused-ring (bicyclic) bond motifs is 1. The van der Waals surface area contributed by atoms with Crippen molar-refractivity contribution in [1.29, 1.82) is 0 Å². The lowest BCUT2D eigenvalue weighted by Gasteiger charge is -2.56. The molecule has 3 saturated carbocycles. The lowest BCUT2D eigenvalue weighted by molar-refractivity contribution is -0.0920. The van der Waals surface area contributed by atoms with Crippen molar-refractivity contribution in [2.24, 2.45) is 40.2 Å². The largest absolute Gasteiger partial charge is 0.396 e. The van der Waals surface area contributed by atoms with Crippen LogP contribution in [0.1, 0.15) is 58.8 Å². The quantitative estimate of drug-likeness (QED) is 0.721.